The number of nitrogens with zero attached hydrogens (tertiary/aromatic N) is 1. The Hall–Kier alpha value is -1.52. The second-order valence-corrected chi connectivity index (χ2v) is 3.41. The molecule has 1 aromatic rings. The summed E-state index contributed by atoms with van der Waals surface area (Å²) >= 11 is 0. The maximum Gasteiger partial charge on any atom is 0.218 e. The van der Waals surface area contributed by atoms with Crippen molar-refractivity contribution in [1.82, 2.24) is 4.90 Å². The van der Waals surface area contributed by atoms with Gasteiger partial charge in [0.2, 0.25) is 5.91 Å². The molecule has 0 aliphatic rings. The van der Waals surface area contributed by atoms with Crippen molar-refractivity contribution in [1.29, 1.82) is 0 Å². The van der Waals surface area contributed by atoms with Gasteiger partial charge in [0.05, 0.1) is 0 Å². The number of benzene rings is 1. The van der Waals surface area contributed by atoms with Crippen molar-refractivity contribution >= 4 is 5.91 Å². The zero-order chi connectivity index (χ0) is 12.9. The highest BCUT2D eigenvalue weighted by atomic mass is 19.2. The van der Waals surface area contributed by atoms with Crippen LogP contribution < -0.4 is 0 Å². The van der Waals surface area contributed by atoms with Crippen LogP contribution in [0.4, 0.5) is 13.2 Å². The third-order valence-corrected chi connectivity index (χ3v) is 1.86. The maximum absolute atomic E-state index is 12.4. The van der Waals surface area contributed by atoms with Gasteiger partial charge in [-0.3, -0.25) is 4.79 Å². The Morgan fingerprint density at radius 2 is 1.56 bits per heavy atom. The predicted octanol–water partition coefficient (Wildman–Crippen LogP) is 2.51. The molecule has 0 aliphatic heterocycles. The van der Waals surface area contributed by atoms with Crippen LogP contribution in [-0.4, -0.2) is 24.9 Å². The SMILES string of the molecule is CC(=O)N(C)C.Cc1ccc(F)c(F)c1F. The Kier molecular flexibility index (Phi) is 5.56. The molecule has 0 saturated heterocycles. The number of amides is 1. The number of hydrogen-bond donors (Lipinski definition) is 0. The summed E-state index contributed by atoms with van der Waals surface area (Å²) in [5.41, 5.74) is 0.110. The Morgan fingerprint density at radius 1 is 1.12 bits per heavy atom. The van der Waals surface area contributed by atoms with Gasteiger partial charge < -0.3 is 4.90 Å². The van der Waals surface area contributed by atoms with Crippen molar-refractivity contribution in [2.75, 3.05) is 14.1 Å². The number of carbonyl (C=O) groups excluding carboxylic acids is 1. The quantitative estimate of drug-likeness (QED) is 0.630. The van der Waals surface area contributed by atoms with Crippen LogP contribution in [0.5, 0.6) is 0 Å². The molecule has 2 nitrogen and oxygen atoms in total. The van der Waals surface area contributed by atoms with E-state index in [2.05, 4.69) is 0 Å². The lowest BCUT2D eigenvalue weighted by molar-refractivity contribution is -0.126. The maximum atomic E-state index is 12.4. The first-order chi connectivity index (χ1) is 7.27. The van der Waals surface area contributed by atoms with Crippen molar-refractivity contribution in [3.8, 4) is 0 Å². The van der Waals surface area contributed by atoms with Crippen LogP contribution in [0.3, 0.4) is 0 Å². The molecular formula is C11H14F3NO. The van der Waals surface area contributed by atoms with E-state index in [1.54, 1.807) is 14.1 Å². The number of aryl methyl sites for hydroxylation is 1. The van der Waals surface area contributed by atoms with Gasteiger partial charge in [-0.2, -0.15) is 0 Å². The summed E-state index contributed by atoms with van der Waals surface area (Å²) in [7, 11) is 3.45. The highest BCUT2D eigenvalue weighted by molar-refractivity contribution is 5.72. The molecular weight excluding hydrogens is 219 g/mol. The van der Waals surface area contributed by atoms with E-state index in [9.17, 15) is 18.0 Å². The minimum Gasteiger partial charge on any atom is -0.349 e. The lowest BCUT2D eigenvalue weighted by Gasteiger charge is -2.02. The fourth-order valence-corrected chi connectivity index (χ4v) is 0.622. The monoisotopic (exact) mass is 233 g/mol. The van der Waals surface area contributed by atoms with Crippen LogP contribution in [0.25, 0.3) is 0 Å². The first-order valence-corrected chi connectivity index (χ1v) is 4.55. The summed E-state index contributed by atoms with van der Waals surface area (Å²) in [6.45, 7) is 2.90. The summed E-state index contributed by atoms with van der Waals surface area (Å²) in [5.74, 6) is -3.57. The van der Waals surface area contributed by atoms with Crippen molar-refractivity contribution in [3.05, 3.63) is 35.1 Å². The standard InChI is InChI=1S/C7H5F3.C4H9NO/c1-4-2-3-5(8)7(10)6(4)9;1-4(6)5(2)3/h2-3H,1H3;1-3H3. The molecule has 0 N–H and O–H groups in total. The summed E-state index contributed by atoms with van der Waals surface area (Å²) in [6.07, 6.45) is 0. The molecule has 0 spiro atoms. The lowest BCUT2D eigenvalue weighted by atomic mass is 10.2. The number of carbonyl (C=O) groups is 1. The molecule has 90 valence electrons. The van der Waals surface area contributed by atoms with Crippen molar-refractivity contribution in [2.24, 2.45) is 0 Å². The molecule has 0 fully saturated rings. The van der Waals surface area contributed by atoms with Crippen LogP contribution in [0.2, 0.25) is 0 Å². The van der Waals surface area contributed by atoms with Gasteiger partial charge in [-0.05, 0) is 18.6 Å². The van der Waals surface area contributed by atoms with Crippen LogP contribution in [0.1, 0.15) is 12.5 Å². The molecule has 5 heteroatoms. The van der Waals surface area contributed by atoms with E-state index >= 15 is 0 Å². The fraction of sp³-hybridized carbons (Fsp3) is 0.364. The summed E-state index contributed by atoms with van der Waals surface area (Å²) < 4.78 is 36.8. The van der Waals surface area contributed by atoms with E-state index < -0.39 is 17.5 Å². The van der Waals surface area contributed by atoms with Gasteiger partial charge in [0.15, 0.2) is 17.5 Å². The van der Waals surface area contributed by atoms with Gasteiger partial charge in [-0.25, -0.2) is 13.2 Å². The van der Waals surface area contributed by atoms with E-state index in [0.29, 0.717) is 0 Å². The molecule has 1 rings (SSSR count). The van der Waals surface area contributed by atoms with Crippen molar-refractivity contribution in [3.63, 3.8) is 0 Å². The van der Waals surface area contributed by atoms with Crippen LogP contribution in [0, 0.1) is 24.4 Å². The average molecular weight is 233 g/mol. The number of rotatable bonds is 0. The normalized spacial score (nSPS) is 9.19. The lowest BCUT2D eigenvalue weighted by Crippen LogP contribution is -2.17. The topological polar surface area (TPSA) is 20.3 Å². The van der Waals surface area contributed by atoms with Gasteiger partial charge in [0.1, 0.15) is 0 Å². The van der Waals surface area contributed by atoms with Gasteiger partial charge in [0.25, 0.3) is 0 Å². The van der Waals surface area contributed by atoms with Crippen LogP contribution in [-0.2, 0) is 4.79 Å². The van der Waals surface area contributed by atoms with Gasteiger partial charge in [0, 0.05) is 21.0 Å². The zero-order valence-electron chi connectivity index (χ0n) is 9.64. The molecule has 0 atom stereocenters. The Balaban J connectivity index is 0.000000325. The highest BCUT2D eigenvalue weighted by Gasteiger charge is 2.09. The third-order valence-electron chi connectivity index (χ3n) is 1.86. The van der Waals surface area contributed by atoms with E-state index in [4.69, 9.17) is 0 Å². The predicted molar refractivity (Wildman–Crippen MR) is 55.4 cm³/mol. The first kappa shape index (κ1) is 14.5. The van der Waals surface area contributed by atoms with Gasteiger partial charge >= 0.3 is 0 Å². The second kappa shape index (κ2) is 6.15. The second-order valence-electron chi connectivity index (χ2n) is 3.41. The molecule has 0 aromatic heterocycles. The minimum atomic E-state index is -1.40. The smallest absolute Gasteiger partial charge is 0.218 e. The van der Waals surface area contributed by atoms with Crippen LogP contribution in [0.15, 0.2) is 12.1 Å². The molecule has 0 aliphatic carbocycles. The molecule has 0 radical (unpaired) electrons. The van der Waals surface area contributed by atoms with E-state index in [1.807, 2.05) is 0 Å². The van der Waals surface area contributed by atoms with Gasteiger partial charge in [-0.15, -0.1) is 0 Å². The average Bonchev–Trinajstić information content (AvgIpc) is 2.21. The number of halogens is 3. The molecule has 1 aromatic carbocycles. The molecule has 0 heterocycles. The van der Waals surface area contributed by atoms with Gasteiger partial charge in [-0.1, -0.05) is 6.07 Å². The van der Waals surface area contributed by atoms with E-state index in [0.717, 1.165) is 6.07 Å². The molecule has 1 amide bonds. The van der Waals surface area contributed by atoms with E-state index in [1.165, 1.54) is 24.8 Å². The zero-order valence-corrected chi connectivity index (χ0v) is 9.64. The molecule has 0 saturated carbocycles. The highest BCUT2D eigenvalue weighted by Crippen LogP contribution is 2.13. The van der Waals surface area contributed by atoms with E-state index in [-0.39, 0.29) is 11.5 Å². The summed E-state index contributed by atoms with van der Waals surface area (Å²) in [5, 5.41) is 0. The summed E-state index contributed by atoms with van der Waals surface area (Å²) in [4.78, 5) is 11.6. The molecule has 0 unspecified atom stereocenters. The van der Waals surface area contributed by atoms with Crippen molar-refractivity contribution in [2.45, 2.75) is 13.8 Å². The first-order valence-electron chi connectivity index (χ1n) is 4.55. The number of hydrogen-bond acceptors (Lipinski definition) is 1. The Morgan fingerprint density at radius 3 is 1.88 bits per heavy atom. The molecule has 0 bridgehead atoms. The third kappa shape index (κ3) is 4.33. The minimum absolute atomic E-state index is 0.0926. The summed E-state index contributed by atoms with van der Waals surface area (Å²) in [6, 6.07) is 2.08. The fourth-order valence-electron chi connectivity index (χ4n) is 0.622. The molecule has 16 heavy (non-hydrogen) atoms. The van der Waals surface area contributed by atoms with Crippen LogP contribution >= 0.6 is 0 Å². The largest absolute Gasteiger partial charge is 0.349 e. The Bertz CT molecular complexity index is 351. The Labute approximate surface area is 92.7 Å². The van der Waals surface area contributed by atoms with Crippen molar-refractivity contribution < 1.29 is 18.0 Å².